The summed E-state index contributed by atoms with van der Waals surface area (Å²) in [6, 6.07) is 6.02. The second kappa shape index (κ2) is 8.22. The highest BCUT2D eigenvalue weighted by molar-refractivity contribution is 8.16. The quantitative estimate of drug-likeness (QED) is 0.289. The zero-order valence-electron chi connectivity index (χ0n) is 18.4. The number of nitrogens with one attached hydrogen (secondary N) is 1. The van der Waals surface area contributed by atoms with Crippen molar-refractivity contribution in [1.82, 2.24) is 9.47 Å². The summed E-state index contributed by atoms with van der Waals surface area (Å²) in [7, 11) is -2.35. The van der Waals surface area contributed by atoms with Crippen LogP contribution in [0.15, 0.2) is 39.2 Å². The molecule has 1 aromatic carbocycles. The Balaban J connectivity index is 1.80. The first-order chi connectivity index (χ1) is 15.9. The van der Waals surface area contributed by atoms with Gasteiger partial charge in [-0.25, -0.2) is 13.3 Å². The van der Waals surface area contributed by atoms with E-state index in [0.29, 0.717) is 16.9 Å². The molecule has 0 atom stereocenters. The van der Waals surface area contributed by atoms with Gasteiger partial charge in [0.15, 0.2) is 0 Å². The van der Waals surface area contributed by atoms with Crippen molar-refractivity contribution in [3.05, 3.63) is 56.9 Å². The summed E-state index contributed by atoms with van der Waals surface area (Å²) in [5, 5.41) is 19.3. The first kappa shape index (κ1) is 23.4. The molecular weight excluding hydrogens is 484 g/mol. The molecule has 2 aliphatic rings. The molecule has 3 heterocycles. The van der Waals surface area contributed by atoms with Crippen LogP contribution in [-0.4, -0.2) is 58.3 Å². The normalized spacial score (nSPS) is 17.1. The molecule has 14 heteroatoms. The third-order valence-corrected chi connectivity index (χ3v) is 6.97. The van der Waals surface area contributed by atoms with Crippen LogP contribution in [0.4, 0.5) is 5.69 Å². The number of hydrogen-bond acceptors (Lipinski definition) is 9. The summed E-state index contributed by atoms with van der Waals surface area (Å²) in [4.78, 5) is 28.2. The maximum absolute atomic E-state index is 12.7. The van der Waals surface area contributed by atoms with Crippen molar-refractivity contribution < 1.29 is 22.9 Å². The second-order valence-corrected chi connectivity index (χ2v) is 10.1. The van der Waals surface area contributed by atoms with E-state index in [1.54, 1.807) is 23.6 Å². The lowest BCUT2D eigenvalue weighted by Crippen LogP contribution is -2.45. The zero-order valence-corrected chi connectivity index (χ0v) is 20.0. The number of amides is 1. The highest BCUT2D eigenvalue weighted by Crippen LogP contribution is 2.33. The number of aromatic nitrogens is 1. The Hall–Kier alpha value is -3.78. The number of carbonyl (C=O) groups excluding carboxylic acids is 1. The smallest absolute Gasteiger partial charge is 0.283 e. The van der Waals surface area contributed by atoms with E-state index in [1.807, 2.05) is 6.92 Å². The molecule has 4 rings (SSSR count). The van der Waals surface area contributed by atoms with Crippen LogP contribution in [0.3, 0.4) is 0 Å². The fourth-order valence-corrected chi connectivity index (χ4v) is 5.51. The van der Waals surface area contributed by atoms with E-state index in [0.717, 1.165) is 28.8 Å². The van der Waals surface area contributed by atoms with Gasteiger partial charge in [0.2, 0.25) is 20.2 Å². The van der Waals surface area contributed by atoms with Crippen LogP contribution in [0.2, 0.25) is 0 Å². The predicted molar refractivity (Wildman–Crippen MR) is 128 cm³/mol. The third kappa shape index (κ3) is 3.80. The van der Waals surface area contributed by atoms with Gasteiger partial charge in [0.1, 0.15) is 11.6 Å². The second-order valence-electron chi connectivity index (χ2n) is 7.45. The van der Waals surface area contributed by atoms with Crippen molar-refractivity contribution in [2.75, 3.05) is 13.4 Å². The number of carbonyl (C=O) groups is 1. The van der Waals surface area contributed by atoms with Crippen molar-refractivity contribution in [2.45, 2.75) is 13.8 Å². The zero-order chi connectivity index (χ0) is 24.9. The van der Waals surface area contributed by atoms with Gasteiger partial charge in [0.25, 0.3) is 11.6 Å². The third-order valence-electron chi connectivity index (χ3n) is 5.21. The topological polar surface area (TPSA) is 160 Å². The Labute approximate surface area is 198 Å². The summed E-state index contributed by atoms with van der Waals surface area (Å²) in [5.41, 5.74) is 2.33. The van der Waals surface area contributed by atoms with E-state index >= 15 is 0 Å². The fourth-order valence-electron chi connectivity index (χ4n) is 3.66. The minimum atomic E-state index is -3.75. The number of benzene rings is 1. The number of methoxy groups -OCH3 is 1. The van der Waals surface area contributed by atoms with Gasteiger partial charge in [-0.3, -0.25) is 20.3 Å². The van der Waals surface area contributed by atoms with E-state index in [1.165, 1.54) is 25.3 Å². The molecule has 2 aliphatic heterocycles. The van der Waals surface area contributed by atoms with Crippen LogP contribution < -0.4 is 4.74 Å². The molecule has 0 spiro atoms. The number of aryl methyl sites for hydroxylation is 1. The van der Waals surface area contributed by atoms with Crippen LogP contribution in [0.5, 0.6) is 5.75 Å². The number of amidine groups is 3. The van der Waals surface area contributed by atoms with E-state index in [2.05, 4.69) is 9.39 Å². The maximum atomic E-state index is 12.7. The largest absolute Gasteiger partial charge is 0.494 e. The van der Waals surface area contributed by atoms with Crippen molar-refractivity contribution in [1.29, 1.82) is 5.41 Å². The van der Waals surface area contributed by atoms with Crippen molar-refractivity contribution in [3.63, 3.8) is 0 Å². The molecule has 0 aliphatic carbocycles. The molecule has 0 saturated carbocycles. The Kier molecular flexibility index (Phi) is 5.65. The Morgan fingerprint density at radius 2 is 1.97 bits per heavy atom. The highest BCUT2D eigenvalue weighted by Gasteiger charge is 2.41. The van der Waals surface area contributed by atoms with Gasteiger partial charge in [0, 0.05) is 23.7 Å². The van der Waals surface area contributed by atoms with Gasteiger partial charge in [-0.1, -0.05) is 0 Å². The number of nitro benzene ring substituents is 1. The molecule has 1 N–H and O–H groups in total. The van der Waals surface area contributed by atoms with Gasteiger partial charge in [-0.05, 0) is 37.6 Å². The molecule has 0 fully saturated rings. The number of fused-ring (bicyclic) bond motifs is 1. The average molecular weight is 503 g/mol. The summed E-state index contributed by atoms with van der Waals surface area (Å²) in [6.07, 6.45) is 2.43. The van der Waals surface area contributed by atoms with Gasteiger partial charge < -0.3 is 9.30 Å². The molecule has 1 aromatic heterocycles. The fraction of sp³-hybridized carbons (Fsp3) is 0.200. The summed E-state index contributed by atoms with van der Waals surface area (Å²) in [6.45, 7) is 3.59. The van der Waals surface area contributed by atoms with E-state index in [9.17, 15) is 23.3 Å². The van der Waals surface area contributed by atoms with E-state index < -0.39 is 20.7 Å². The SMILES string of the molecule is COc1cc([N+](=O)[O-])ccc1-n1c(C)cc(/C=C2/C(=N)N3C(=NC2=O)SN=C3S(C)(=O)=O)c1C. The number of nitrogens with zero attached hydrogens (tertiary/aromatic N) is 5. The van der Waals surface area contributed by atoms with Crippen LogP contribution >= 0.6 is 11.9 Å². The van der Waals surface area contributed by atoms with Gasteiger partial charge >= 0.3 is 0 Å². The number of nitro groups is 1. The van der Waals surface area contributed by atoms with Crippen molar-refractivity contribution in [2.24, 2.45) is 9.39 Å². The van der Waals surface area contributed by atoms with Crippen LogP contribution in [0.25, 0.3) is 11.8 Å². The Morgan fingerprint density at radius 1 is 1.26 bits per heavy atom. The monoisotopic (exact) mass is 502 g/mol. The number of hydrogen-bond donors (Lipinski definition) is 1. The number of rotatable bonds is 4. The minimum Gasteiger partial charge on any atom is -0.494 e. The van der Waals surface area contributed by atoms with Crippen LogP contribution in [-0.2, 0) is 14.6 Å². The number of sulfone groups is 1. The molecule has 34 heavy (non-hydrogen) atoms. The molecular formula is C20H18N6O6S2. The summed E-state index contributed by atoms with van der Waals surface area (Å²) < 4.78 is 35.1. The van der Waals surface area contributed by atoms with Crippen molar-refractivity contribution >= 4 is 55.6 Å². The molecule has 0 saturated heterocycles. The van der Waals surface area contributed by atoms with Crippen LogP contribution in [0.1, 0.15) is 17.0 Å². The molecule has 0 bridgehead atoms. The lowest BCUT2D eigenvalue weighted by molar-refractivity contribution is -0.384. The number of aliphatic imine (C=N–C) groups is 1. The molecule has 0 radical (unpaired) electrons. The minimum absolute atomic E-state index is 0.00802. The van der Waals surface area contributed by atoms with Crippen molar-refractivity contribution in [3.8, 4) is 11.4 Å². The maximum Gasteiger partial charge on any atom is 0.283 e. The predicted octanol–water partition coefficient (Wildman–Crippen LogP) is 2.63. The van der Waals surface area contributed by atoms with E-state index in [4.69, 9.17) is 10.1 Å². The first-order valence-electron chi connectivity index (χ1n) is 9.64. The average Bonchev–Trinajstić information content (AvgIpc) is 3.31. The van der Waals surface area contributed by atoms with E-state index in [-0.39, 0.29) is 33.2 Å². The molecule has 176 valence electrons. The van der Waals surface area contributed by atoms with Gasteiger partial charge in [-0.15, -0.1) is 0 Å². The lowest BCUT2D eigenvalue weighted by Gasteiger charge is -2.23. The Morgan fingerprint density at radius 3 is 2.59 bits per heavy atom. The summed E-state index contributed by atoms with van der Waals surface area (Å²) >= 11 is 0.721. The molecule has 1 amide bonds. The number of ether oxygens (including phenoxy) is 1. The van der Waals surface area contributed by atoms with Crippen LogP contribution in [0, 0.1) is 29.4 Å². The summed E-state index contributed by atoms with van der Waals surface area (Å²) in [5.74, 6) is -0.748. The Bertz CT molecular complexity index is 1480. The highest BCUT2D eigenvalue weighted by atomic mass is 32.2. The van der Waals surface area contributed by atoms with Gasteiger partial charge in [-0.2, -0.15) is 9.39 Å². The molecule has 0 unspecified atom stereocenters. The van der Waals surface area contributed by atoms with Gasteiger partial charge in [0.05, 0.1) is 41.3 Å². The number of non-ortho nitro benzene ring substituents is 1. The first-order valence-corrected chi connectivity index (χ1v) is 12.3. The lowest BCUT2D eigenvalue weighted by atomic mass is 10.1. The molecule has 2 aromatic rings. The molecule has 12 nitrogen and oxygen atoms in total. The standard InChI is InChI=1S/C20H18N6O6S2/c1-10-7-12(11(2)24(10)15-6-5-13(26(28)29)9-16(15)32-3)8-14-17(21)25-19(22-18(14)27)33-23-20(25)34(4,30)31/h5-9,21H,1-4H3/b14-8-,21-17?.